The number of alkyl halides is 1. The summed E-state index contributed by atoms with van der Waals surface area (Å²) in [5, 5.41) is 19.3. The van der Waals surface area contributed by atoms with Crippen LogP contribution in [-0.4, -0.2) is 88.7 Å². The van der Waals surface area contributed by atoms with Gasteiger partial charge in [-0.15, -0.1) is 0 Å². The number of nitrogens with zero attached hydrogens (tertiary/aromatic N) is 2. The Hall–Kier alpha value is -3.80. The summed E-state index contributed by atoms with van der Waals surface area (Å²) in [5.41, 5.74) is 6.71. The first-order chi connectivity index (χ1) is 28.9. The number of aliphatic imine (C=N–C) groups is 1. The van der Waals surface area contributed by atoms with E-state index in [1.807, 2.05) is 37.3 Å². The maximum absolute atomic E-state index is 11.0. The molecule has 2 aliphatic rings. The summed E-state index contributed by atoms with van der Waals surface area (Å²) in [6.45, 7) is 10.6. The number of hydrogen-bond donors (Lipinski definition) is 4. The molecule has 12 nitrogen and oxygen atoms in total. The number of aromatic hydroxyl groups is 2. The molecule has 6 rings (SSSR count). The van der Waals surface area contributed by atoms with E-state index in [1.165, 1.54) is 22.5 Å². The van der Waals surface area contributed by atoms with Crippen molar-refractivity contribution in [3.05, 3.63) is 108 Å². The third kappa shape index (κ3) is 15.8. The van der Waals surface area contributed by atoms with Gasteiger partial charge >= 0.3 is 0 Å². The van der Waals surface area contributed by atoms with Crippen LogP contribution >= 0.6 is 15.9 Å². The highest BCUT2D eigenvalue weighted by molar-refractivity contribution is 9.09. The van der Waals surface area contributed by atoms with Gasteiger partial charge in [-0.2, -0.15) is 21.4 Å². The fourth-order valence-corrected chi connectivity index (χ4v) is 8.94. The van der Waals surface area contributed by atoms with Gasteiger partial charge in [-0.1, -0.05) is 72.1 Å². The molecule has 2 unspecified atom stereocenters. The van der Waals surface area contributed by atoms with E-state index in [1.54, 1.807) is 48.5 Å². The molecule has 0 radical (unpaired) electrons. The third-order valence-electron chi connectivity index (χ3n) is 11.3. The van der Waals surface area contributed by atoms with Crippen LogP contribution in [0.3, 0.4) is 0 Å². The van der Waals surface area contributed by atoms with Gasteiger partial charge in [0.2, 0.25) is 5.69 Å². The van der Waals surface area contributed by atoms with Crippen molar-refractivity contribution in [3.63, 3.8) is 0 Å². The van der Waals surface area contributed by atoms with Crippen LogP contribution in [0.25, 0.3) is 0 Å². The minimum absolute atomic E-state index is 0. The van der Waals surface area contributed by atoms with Crippen LogP contribution < -0.4 is 26.5 Å². The van der Waals surface area contributed by atoms with Crippen LogP contribution in [0.15, 0.2) is 102 Å². The van der Waals surface area contributed by atoms with Gasteiger partial charge in [0.15, 0.2) is 12.3 Å². The van der Waals surface area contributed by atoms with Gasteiger partial charge in [0, 0.05) is 41.4 Å². The Morgan fingerprint density at radius 3 is 1.61 bits per heavy atom. The van der Waals surface area contributed by atoms with Gasteiger partial charge < -0.3 is 36.7 Å². The van der Waals surface area contributed by atoms with E-state index in [0.717, 1.165) is 73.3 Å². The largest absolute Gasteiger partial charge is 1.00 e. The molecule has 0 bridgehead atoms. The molecule has 0 amide bonds. The van der Waals surface area contributed by atoms with Gasteiger partial charge in [-0.05, 0) is 106 Å². The van der Waals surface area contributed by atoms with Crippen LogP contribution in [-0.2, 0) is 31.1 Å². The van der Waals surface area contributed by atoms with E-state index < -0.39 is 20.2 Å². The first kappa shape index (κ1) is 52.5. The number of fused-ring (bicyclic) bond motifs is 2. The number of phenols is 2. The maximum Gasteiger partial charge on any atom is 0.264 e. The normalized spacial score (nSPS) is 17.6. The Balaban J connectivity index is 0.000000273. The summed E-state index contributed by atoms with van der Waals surface area (Å²) in [5.74, 6) is 1.66. The van der Waals surface area contributed by atoms with Crippen LogP contribution in [0.1, 0.15) is 90.2 Å². The summed E-state index contributed by atoms with van der Waals surface area (Å²) >= 11 is 3.31. The second-order valence-corrected chi connectivity index (χ2v) is 19.6. The van der Waals surface area contributed by atoms with Crippen molar-refractivity contribution in [2.45, 2.75) is 89.9 Å². The summed E-state index contributed by atoms with van der Waals surface area (Å²) in [4.78, 5) is 4.58. The molecule has 0 saturated heterocycles. The van der Waals surface area contributed by atoms with Crippen molar-refractivity contribution in [1.29, 1.82) is 0 Å². The Kier molecular flexibility index (Phi) is 20.6. The predicted molar refractivity (Wildman–Crippen MR) is 247 cm³/mol. The first-order valence-electron chi connectivity index (χ1n) is 20.5. The lowest BCUT2D eigenvalue weighted by Crippen LogP contribution is -3.00. The third-order valence-corrected chi connectivity index (χ3v) is 13.4. The molecule has 2 aliphatic heterocycles. The molecule has 2 atom stereocenters. The molecule has 340 valence electrons. The SMILES string of the molecule is CC1=Nc2ccccc2C1(C)CCCCS(=O)(=O)O.CC1=[N+](CCCOc2ccc(O)cc2)c2ccccc2C1(C)CCCCS(=O)(=O)O.Oc1ccc(OCCCBr)cc1.[Br-]. The smallest absolute Gasteiger partial charge is 0.264 e. The molecule has 0 aromatic heterocycles. The predicted octanol–water partition coefficient (Wildman–Crippen LogP) is 6.96. The van der Waals surface area contributed by atoms with E-state index in [-0.39, 0.29) is 50.8 Å². The van der Waals surface area contributed by atoms with Gasteiger partial charge in [0.25, 0.3) is 20.2 Å². The first-order valence-corrected chi connectivity index (χ1v) is 24.9. The summed E-state index contributed by atoms with van der Waals surface area (Å²) in [7, 11) is -7.75. The number of unbranched alkanes of at least 4 members (excludes halogenated alkanes) is 2. The number of hydrogen-bond acceptors (Lipinski definition) is 9. The van der Waals surface area contributed by atoms with Gasteiger partial charge in [-0.25, -0.2) is 0 Å². The average Bonchev–Trinajstić information content (AvgIpc) is 3.59. The molecular weight excluding hydrogens is 964 g/mol. The second-order valence-electron chi connectivity index (χ2n) is 15.7. The Labute approximate surface area is 386 Å². The average molecular weight is 1020 g/mol. The molecule has 62 heavy (non-hydrogen) atoms. The number of ether oxygens (including phenoxy) is 2. The van der Waals surface area contributed by atoms with Crippen LogP contribution in [0, 0.1) is 0 Å². The van der Waals surface area contributed by atoms with Crippen molar-refractivity contribution < 1.29 is 67.2 Å². The van der Waals surface area contributed by atoms with E-state index in [2.05, 4.69) is 64.5 Å². The minimum Gasteiger partial charge on any atom is -1.00 e. The molecular formula is C46H60Br2N2O10S2. The van der Waals surface area contributed by atoms with Crippen molar-refractivity contribution in [2.75, 3.05) is 36.6 Å². The lowest BCUT2D eigenvalue weighted by Gasteiger charge is -2.26. The van der Waals surface area contributed by atoms with E-state index in [0.29, 0.717) is 26.1 Å². The summed E-state index contributed by atoms with van der Waals surface area (Å²) in [6.07, 6.45) is 5.89. The highest BCUT2D eigenvalue weighted by atomic mass is 79.9. The van der Waals surface area contributed by atoms with Crippen LogP contribution in [0.5, 0.6) is 23.0 Å². The van der Waals surface area contributed by atoms with Gasteiger partial charge in [-0.3, -0.25) is 14.1 Å². The van der Waals surface area contributed by atoms with Gasteiger partial charge in [0.05, 0.1) is 35.8 Å². The van der Waals surface area contributed by atoms with Crippen molar-refractivity contribution >= 4 is 59.0 Å². The Bertz CT molecular complexity index is 2320. The molecule has 4 N–H and O–H groups in total. The van der Waals surface area contributed by atoms with Crippen molar-refractivity contribution in [2.24, 2.45) is 4.99 Å². The molecule has 0 fully saturated rings. The lowest BCUT2D eigenvalue weighted by atomic mass is 9.76. The van der Waals surface area contributed by atoms with Gasteiger partial charge in [0.1, 0.15) is 23.0 Å². The zero-order valence-corrected chi connectivity index (χ0v) is 40.6. The maximum atomic E-state index is 11.0. The molecule has 0 spiro atoms. The lowest BCUT2D eigenvalue weighted by molar-refractivity contribution is -0.440. The summed E-state index contributed by atoms with van der Waals surface area (Å²) in [6, 6.07) is 29.9. The summed E-state index contributed by atoms with van der Waals surface area (Å²) < 4.78 is 74.6. The molecule has 4 aromatic rings. The Morgan fingerprint density at radius 2 is 1.10 bits per heavy atom. The van der Waals surface area contributed by atoms with Crippen molar-refractivity contribution in [1.82, 2.24) is 0 Å². The number of rotatable bonds is 19. The van der Waals surface area contributed by atoms with E-state index in [9.17, 15) is 21.9 Å². The van der Waals surface area contributed by atoms with Crippen molar-refractivity contribution in [3.8, 4) is 23.0 Å². The van der Waals surface area contributed by atoms with Crippen LogP contribution in [0.2, 0.25) is 0 Å². The second kappa shape index (κ2) is 24.3. The minimum atomic E-state index is -3.91. The molecule has 4 aromatic carbocycles. The fourth-order valence-electron chi connectivity index (χ4n) is 7.57. The Morgan fingerprint density at radius 1 is 0.629 bits per heavy atom. The van der Waals surface area contributed by atoms with E-state index in [4.69, 9.17) is 23.7 Å². The molecule has 2 heterocycles. The quantitative estimate of drug-likeness (QED) is 0.0332. The highest BCUT2D eigenvalue weighted by Crippen LogP contribution is 2.44. The number of benzene rings is 4. The molecule has 0 aliphatic carbocycles. The zero-order valence-electron chi connectivity index (χ0n) is 35.8. The van der Waals surface area contributed by atoms with E-state index >= 15 is 0 Å². The number of halogens is 2. The standard InChI is InChI=1S/C23H29NO5S.C14H19NO3S.C9H11BrO2.BrH/c1-18-23(2,14-5-6-17-30(26,27)28)21-8-3-4-9-22(21)24(18)15-7-16-29-20-12-10-19(25)11-13-20;1-11-14(2,9-5-6-10-19(16,17)18)12-7-3-4-8-13(12)15-11;10-6-1-7-12-9-4-2-8(11)3-5-9;/h3-4,8-13H,5-7,14-17H2,1-2H3,(H-,25,26,27,28);3-4,7-8H,5-6,9-10H2,1-2H3,(H,16,17,18);2-5,11H,1,6-7H2;1H. The topological polar surface area (TPSA) is 183 Å². The monoisotopic (exact) mass is 1020 g/mol. The van der Waals surface area contributed by atoms with Crippen LogP contribution in [0.4, 0.5) is 11.4 Å². The molecule has 0 saturated carbocycles. The fraction of sp³-hybridized carbons (Fsp3) is 0.435. The number of phenolic OH excluding ortho intramolecular Hbond substituents is 2. The highest BCUT2D eigenvalue weighted by Gasteiger charge is 2.45. The zero-order chi connectivity index (χ0) is 44.7. The molecule has 16 heteroatoms. The number of para-hydroxylation sites is 2.